The molecule has 6 nitrogen and oxygen atoms in total. The molecule has 0 fully saturated rings. The highest BCUT2D eigenvalue weighted by molar-refractivity contribution is 7.99. The molecule has 0 aliphatic carbocycles. The van der Waals surface area contributed by atoms with Gasteiger partial charge in [-0.05, 0) is 23.3 Å². The molecular formula is C20H22N4O2S. The van der Waals surface area contributed by atoms with Crippen molar-refractivity contribution in [1.82, 2.24) is 20.1 Å². The third-order valence-corrected chi connectivity index (χ3v) is 5.13. The minimum Gasteiger partial charge on any atom is -0.497 e. The summed E-state index contributed by atoms with van der Waals surface area (Å²) in [5.41, 5.74) is 2.21. The van der Waals surface area contributed by atoms with Crippen LogP contribution in [0.4, 0.5) is 0 Å². The third-order valence-electron chi connectivity index (χ3n) is 4.11. The van der Waals surface area contributed by atoms with Crippen LogP contribution in [0.3, 0.4) is 0 Å². The number of aromatic nitrogens is 3. The Labute approximate surface area is 163 Å². The van der Waals surface area contributed by atoms with Gasteiger partial charge in [0.25, 0.3) is 0 Å². The molecule has 0 aliphatic rings. The lowest BCUT2D eigenvalue weighted by atomic mass is 10.1. The van der Waals surface area contributed by atoms with Gasteiger partial charge < -0.3 is 14.6 Å². The summed E-state index contributed by atoms with van der Waals surface area (Å²) in [4.78, 5) is 12.1. The molecule has 1 aromatic heterocycles. The summed E-state index contributed by atoms with van der Waals surface area (Å²) in [6, 6.07) is 17.7. The first-order chi connectivity index (χ1) is 13.2. The molecule has 0 atom stereocenters. The molecule has 0 spiro atoms. The summed E-state index contributed by atoms with van der Waals surface area (Å²) in [6.07, 6.45) is 0.675. The first-order valence-corrected chi connectivity index (χ1v) is 9.59. The summed E-state index contributed by atoms with van der Waals surface area (Å²) in [5.74, 6) is 1.96. The highest BCUT2D eigenvalue weighted by atomic mass is 32.2. The molecule has 0 bridgehead atoms. The van der Waals surface area contributed by atoms with E-state index in [1.54, 1.807) is 7.11 Å². The number of carbonyl (C=O) groups excluding carboxylic acids is 1. The topological polar surface area (TPSA) is 69.0 Å². The van der Waals surface area contributed by atoms with Gasteiger partial charge in [-0.25, -0.2) is 0 Å². The summed E-state index contributed by atoms with van der Waals surface area (Å²) in [7, 11) is 3.57. The van der Waals surface area contributed by atoms with Crippen molar-refractivity contribution in [1.29, 1.82) is 0 Å². The molecule has 0 saturated carbocycles. The van der Waals surface area contributed by atoms with Crippen molar-refractivity contribution in [2.24, 2.45) is 7.05 Å². The number of carbonyl (C=O) groups is 1. The third kappa shape index (κ3) is 5.34. The normalized spacial score (nSPS) is 10.6. The van der Waals surface area contributed by atoms with E-state index in [9.17, 15) is 4.79 Å². The number of amides is 1. The maximum absolute atomic E-state index is 12.1. The van der Waals surface area contributed by atoms with E-state index in [0.29, 0.717) is 18.7 Å². The zero-order valence-electron chi connectivity index (χ0n) is 15.4. The molecule has 2 aromatic carbocycles. The lowest BCUT2D eigenvalue weighted by Crippen LogP contribution is -2.24. The Hall–Kier alpha value is -2.80. The fourth-order valence-electron chi connectivity index (χ4n) is 2.53. The van der Waals surface area contributed by atoms with Crippen LogP contribution >= 0.6 is 11.8 Å². The van der Waals surface area contributed by atoms with E-state index < -0.39 is 0 Å². The van der Waals surface area contributed by atoms with Crippen LogP contribution in [0.1, 0.15) is 17.0 Å². The van der Waals surface area contributed by atoms with Gasteiger partial charge in [-0.3, -0.25) is 4.79 Å². The SMILES string of the molecule is COc1ccc(Cc2nnc(SCC(=O)NCc3ccccc3)n2C)cc1. The number of nitrogens with one attached hydrogen (secondary N) is 1. The van der Waals surface area contributed by atoms with Gasteiger partial charge in [-0.2, -0.15) is 0 Å². The largest absolute Gasteiger partial charge is 0.497 e. The van der Waals surface area contributed by atoms with Gasteiger partial charge in [-0.1, -0.05) is 54.2 Å². The molecule has 0 unspecified atom stereocenters. The van der Waals surface area contributed by atoms with Crippen molar-refractivity contribution in [3.8, 4) is 5.75 Å². The second kappa shape index (κ2) is 9.23. The molecule has 1 N–H and O–H groups in total. The minimum absolute atomic E-state index is 0.0245. The van der Waals surface area contributed by atoms with Crippen LogP contribution < -0.4 is 10.1 Å². The molecule has 3 rings (SSSR count). The molecule has 27 heavy (non-hydrogen) atoms. The Bertz CT molecular complexity index is 879. The summed E-state index contributed by atoms with van der Waals surface area (Å²) < 4.78 is 7.11. The second-order valence-electron chi connectivity index (χ2n) is 6.03. The van der Waals surface area contributed by atoms with Gasteiger partial charge in [0.2, 0.25) is 5.91 Å². The standard InChI is InChI=1S/C20H22N4O2S/c1-24-18(12-15-8-10-17(26-2)11-9-15)22-23-20(24)27-14-19(25)21-13-16-6-4-3-5-7-16/h3-11H,12-14H2,1-2H3,(H,21,25). The first kappa shape index (κ1) is 19.0. The summed E-state index contributed by atoms with van der Waals surface area (Å²) >= 11 is 1.39. The molecule has 0 aliphatic heterocycles. The maximum Gasteiger partial charge on any atom is 0.230 e. The fourth-order valence-corrected chi connectivity index (χ4v) is 3.29. The Morgan fingerprint density at radius 3 is 2.52 bits per heavy atom. The molecule has 140 valence electrons. The molecule has 1 heterocycles. The lowest BCUT2D eigenvalue weighted by Gasteiger charge is -2.06. The fraction of sp³-hybridized carbons (Fsp3) is 0.250. The van der Waals surface area contributed by atoms with Crippen LogP contribution in [0, 0.1) is 0 Å². The van der Waals surface area contributed by atoms with Crippen LogP contribution in [-0.4, -0.2) is 33.5 Å². The average Bonchev–Trinajstić information content (AvgIpc) is 3.05. The monoisotopic (exact) mass is 382 g/mol. The van der Waals surface area contributed by atoms with Crippen LogP contribution in [0.25, 0.3) is 0 Å². The smallest absolute Gasteiger partial charge is 0.230 e. The van der Waals surface area contributed by atoms with Crippen LogP contribution in [0.2, 0.25) is 0 Å². The van der Waals surface area contributed by atoms with E-state index in [0.717, 1.165) is 27.9 Å². The van der Waals surface area contributed by atoms with Gasteiger partial charge in [0.1, 0.15) is 11.6 Å². The highest BCUT2D eigenvalue weighted by Crippen LogP contribution is 2.18. The van der Waals surface area contributed by atoms with Crippen molar-refractivity contribution in [3.05, 3.63) is 71.5 Å². The van der Waals surface area contributed by atoms with E-state index in [-0.39, 0.29) is 5.91 Å². The van der Waals surface area contributed by atoms with Crippen LogP contribution in [0.15, 0.2) is 59.8 Å². The molecule has 0 saturated heterocycles. The van der Waals surface area contributed by atoms with Crippen LogP contribution in [0.5, 0.6) is 5.75 Å². The number of rotatable bonds is 8. The van der Waals surface area contributed by atoms with Crippen molar-refractivity contribution in [3.63, 3.8) is 0 Å². The quantitative estimate of drug-likeness (QED) is 0.607. The average molecular weight is 382 g/mol. The number of nitrogens with zero attached hydrogens (tertiary/aromatic N) is 3. The summed E-state index contributed by atoms with van der Waals surface area (Å²) in [5, 5.41) is 12.1. The van der Waals surface area contributed by atoms with Crippen molar-refractivity contribution < 1.29 is 9.53 Å². The van der Waals surface area contributed by atoms with E-state index in [1.807, 2.05) is 66.2 Å². The number of hydrogen-bond acceptors (Lipinski definition) is 5. The predicted molar refractivity (Wildman–Crippen MR) is 106 cm³/mol. The van der Waals surface area contributed by atoms with E-state index in [4.69, 9.17) is 4.74 Å². The molecule has 7 heteroatoms. The highest BCUT2D eigenvalue weighted by Gasteiger charge is 2.12. The number of hydrogen-bond donors (Lipinski definition) is 1. The molecule has 3 aromatic rings. The van der Waals surface area contributed by atoms with Crippen LogP contribution in [-0.2, 0) is 24.8 Å². The van der Waals surface area contributed by atoms with Gasteiger partial charge in [0.15, 0.2) is 5.16 Å². The van der Waals surface area contributed by atoms with Gasteiger partial charge in [0, 0.05) is 20.0 Å². The van der Waals surface area contributed by atoms with Crippen molar-refractivity contribution in [2.45, 2.75) is 18.1 Å². The van der Waals surface area contributed by atoms with Crippen molar-refractivity contribution >= 4 is 17.7 Å². The van der Waals surface area contributed by atoms with Gasteiger partial charge in [0.05, 0.1) is 12.9 Å². The molecule has 1 amide bonds. The Balaban J connectivity index is 1.51. The number of methoxy groups -OCH3 is 1. The van der Waals surface area contributed by atoms with Gasteiger partial charge in [-0.15, -0.1) is 10.2 Å². The van der Waals surface area contributed by atoms with E-state index in [2.05, 4.69) is 15.5 Å². The van der Waals surface area contributed by atoms with E-state index in [1.165, 1.54) is 11.8 Å². The number of thioether (sulfide) groups is 1. The Morgan fingerprint density at radius 2 is 1.81 bits per heavy atom. The molecule has 0 radical (unpaired) electrons. The minimum atomic E-state index is -0.0245. The Morgan fingerprint density at radius 1 is 1.07 bits per heavy atom. The predicted octanol–water partition coefficient (Wildman–Crippen LogP) is 2.82. The zero-order chi connectivity index (χ0) is 19.1. The number of ether oxygens (including phenoxy) is 1. The first-order valence-electron chi connectivity index (χ1n) is 8.60. The lowest BCUT2D eigenvalue weighted by molar-refractivity contribution is -0.118. The zero-order valence-corrected chi connectivity index (χ0v) is 16.2. The van der Waals surface area contributed by atoms with Crippen molar-refractivity contribution in [2.75, 3.05) is 12.9 Å². The Kier molecular flexibility index (Phi) is 6.49. The maximum atomic E-state index is 12.1. The van der Waals surface area contributed by atoms with E-state index >= 15 is 0 Å². The summed E-state index contributed by atoms with van der Waals surface area (Å²) in [6.45, 7) is 0.530. The second-order valence-corrected chi connectivity index (χ2v) is 6.98. The number of benzene rings is 2. The van der Waals surface area contributed by atoms with Gasteiger partial charge >= 0.3 is 0 Å². The molecular weight excluding hydrogens is 360 g/mol.